The molecular formula is C4H13AsO4S. The molecule has 0 aliphatic heterocycles. The van der Waals surface area contributed by atoms with Crippen molar-refractivity contribution in [2.24, 2.45) is 0 Å². The summed E-state index contributed by atoms with van der Waals surface area (Å²) >= 11 is -0.875. The minimum absolute atomic E-state index is 0.875. The largest absolute Gasteiger partial charge is 0.726 e. The maximum absolute atomic E-state index is 8.63. The Morgan fingerprint density at radius 3 is 1.20 bits per heavy atom. The van der Waals surface area contributed by atoms with Crippen LogP contribution < -0.4 is 0 Å². The van der Waals surface area contributed by atoms with Gasteiger partial charge in [0.1, 0.15) is 0 Å². The van der Waals surface area contributed by atoms with Gasteiger partial charge in [0, 0.05) is 0 Å². The fourth-order valence-corrected chi connectivity index (χ4v) is 0. The molecular weight excluding hydrogens is 219 g/mol. The van der Waals surface area contributed by atoms with Crippen LogP contribution in [0.3, 0.4) is 0 Å². The van der Waals surface area contributed by atoms with E-state index in [1.165, 1.54) is 0 Å². The van der Waals surface area contributed by atoms with Crippen LogP contribution in [-0.4, -0.2) is 31.1 Å². The van der Waals surface area contributed by atoms with Crippen molar-refractivity contribution in [3.05, 3.63) is 0 Å². The van der Waals surface area contributed by atoms with Gasteiger partial charge >= 0.3 is 36.4 Å². The van der Waals surface area contributed by atoms with E-state index >= 15 is 0 Å². The van der Waals surface area contributed by atoms with Crippen molar-refractivity contribution in [2.45, 2.75) is 22.8 Å². The molecule has 0 saturated carbocycles. The van der Waals surface area contributed by atoms with Crippen LogP contribution >= 0.6 is 0 Å². The molecule has 0 radical (unpaired) electrons. The molecule has 0 atom stereocenters. The molecule has 1 N–H and O–H groups in total. The molecule has 4 nitrogen and oxygen atoms in total. The van der Waals surface area contributed by atoms with Crippen molar-refractivity contribution < 1.29 is 17.5 Å². The van der Waals surface area contributed by atoms with Gasteiger partial charge in [0.15, 0.2) is 0 Å². The Kier molecular flexibility index (Phi) is 5.66. The van der Waals surface area contributed by atoms with Gasteiger partial charge in [0.05, 0.1) is 0 Å². The monoisotopic (exact) mass is 232 g/mol. The molecule has 0 rings (SSSR count). The van der Waals surface area contributed by atoms with E-state index < -0.39 is 24.0 Å². The molecule has 0 aliphatic rings. The molecule has 0 aromatic carbocycles. The van der Waals surface area contributed by atoms with Crippen molar-refractivity contribution >= 4 is 24.0 Å². The zero-order valence-electron chi connectivity index (χ0n) is 6.53. The van der Waals surface area contributed by atoms with Crippen LogP contribution in [0.5, 0.6) is 0 Å². The van der Waals surface area contributed by atoms with E-state index in [4.69, 9.17) is 17.5 Å². The molecule has 0 unspecified atom stereocenters. The van der Waals surface area contributed by atoms with Gasteiger partial charge in [-0.3, -0.25) is 4.55 Å². The molecule has 6 heteroatoms. The predicted molar refractivity (Wildman–Crippen MR) is 41.5 cm³/mol. The summed E-state index contributed by atoms with van der Waals surface area (Å²) in [5, 5.41) is 0. The third-order valence-corrected chi connectivity index (χ3v) is 0. The molecule has 0 aromatic rings. The van der Waals surface area contributed by atoms with Crippen LogP contribution in [0, 0.1) is 0 Å². The molecule has 0 heterocycles. The van der Waals surface area contributed by atoms with Crippen LogP contribution in [0.25, 0.3) is 0 Å². The molecule has 10 heavy (non-hydrogen) atoms. The third-order valence-electron chi connectivity index (χ3n) is 0. The van der Waals surface area contributed by atoms with E-state index in [-0.39, 0.29) is 0 Å². The first kappa shape index (κ1) is 13.0. The number of hydrogen-bond donors (Lipinski definition) is 1. The van der Waals surface area contributed by atoms with Crippen molar-refractivity contribution in [3.8, 4) is 0 Å². The van der Waals surface area contributed by atoms with Crippen molar-refractivity contribution in [3.63, 3.8) is 0 Å². The Morgan fingerprint density at radius 2 is 1.20 bits per heavy atom. The molecule has 0 bridgehead atoms. The molecule has 0 aromatic heterocycles. The summed E-state index contributed by atoms with van der Waals surface area (Å²) in [6.07, 6.45) is 0. The number of hydrogen-bond acceptors (Lipinski definition) is 3. The first-order valence-corrected chi connectivity index (χ1v) is 11.3. The summed E-state index contributed by atoms with van der Waals surface area (Å²) in [6.45, 7) is 0. The third kappa shape index (κ3) is 2530. The van der Waals surface area contributed by atoms with E-state index in [0.29, 0.717) is 0 Å². The van der Waals surface area contributed by atoms with Crippen LogP contribution in [0.1, 0.15) is 0 Å². The first-order valence-electron chi connectivity index (χ1n) is 2.47. The minimum atomic E-state index is -4.92. The Morgan fingerprint density at radius 1 is 1.20 bits per heavy atom. The normalized spacial score (nSPS) is 11.8. The van der Waals surface area contributed by atoms with E-state index in [0.717, 1.165) is 0 Å². The Balaban J connectivity index is 0. The number of rotatable bonds is 0. The average Bonchev–Trinajstić information content (AvgIpc) is 1.12. The van der Waals surface area contributed by atoms with E-state index in [9.17, 15) is 0 Å². The van der Waals surface area contributed by atoms with E-state index in [1.807, 2.05) is 0 Å². The summed E-state index contributed by atoms with van der Waals surface area (Å²) < 4.78 is 32.8. The van der Waals surface area contributed by atoms with E-state index in [1.54, 1.807) is 0 Å². The summed E-state index contributed by atoms with van der Waals surface area (Å²) in [4.78, 5) is 0. The van der Waals surface area contributed by atoms with Crippen LogP contribution in [-0.2, 0) is 10.4 Å². The smallest absolute Gasteiger partial charge is 0.215 e. The summed E-state index contributed by atoms with van der Waals surface area (Å²) in [5.74, 6) is 0. The maximum atomic E-state index is 8.63. The fraction of sp³-hybridized carbons (Fsp3) is 1.00. The second kappa shape index (κ2) is 4.34. The average molecular weight is 232 g/mol. The van der Waals surface area contributed by atoms with Gasteiger partial charge in [-0.15, -0.1) is 0 Å². The van der Waals surface area contributed by atoms with E-state index in [2.05, 4.69) is 22.8 Å². The van der Waals surface area contributed by atoms with Crippen molar-refractivity contribution in [1.29, 1.82) is 0 Å². The van der Waals surface area contributed by atoms with Crippen molar-refractivity contribution in [2.75, 3.05) is 0 Å². The Bertz CT molecular complexity index is 152. The predicted octanol–water partition coefficient (Wildman–Crippen LogP) is 0.959. The zero-order chi connectivity index (χ0) is 9.00. The van der Waals surface area contributed by atoms with Crippen LogP contribution in [0.4, 0.5) is 0 Å². The van der Waals surface area contributed by atoms with Gasteiger partial charge in [-0.25, -0.2) is 8.42 Å². The van der Waals surface area contributed by atoms with Gasteiger partial charge in [-0.1, -0.05) is 0 Å². The molecule has 0 saturated heterocycles. The topological polar surface area (TPSA) is 77.4 Å². The summed E-state index contributed by atoms with van der Waals surface area (Å²) in [6, 6.07) is 0. The van der Waals surface area contributed by atoms with Gasteiger partial charge in [0.2, 0.25) is 10.4 Å². The van der Waals surface area contributed by atoms with Gasteiger partial charge in [-0.05, 0) is 0 Å². The molecule has 0 spiro atoms. The SMILES string of the molecule is C[As+](C)(C)C.O=S(=O)([O-])O. The summed E-state index contributed by atoms with van der Waals surface area (Å²) in [5.41, 5.74) is 9.44. The Labute approximate surface area is 64.7 Å². The van der Waals surface area contributed by atoms with Gasteiger partial charge in [0.25, 0.3) is 0 Å². The van der Waals surface area contributed by atoms with Crippen LogP contribution in [0.2, 0.25) is 22.8 Å². The fourth-order valence-electron chi connectivity index (χ4n) is 0. The second-order valence-corrected chi connectivity index (χ2v) is 15.2. The van der Waals surface area contributed by atoms with Crippen LogP contribution in [0.15, 0.2) is 0 Å². The minimum Gasteiger partial charge on any atom is -0.726 e. The first-order chi connectivity index (χ1) is 4.00. The summed E-state index contributed by atoms with van der Waals surface area (Å²) in [7, 11) is -4.92. The standard InChI is InChI=1S/C4H12As.H2O4S/c2*1-5(2,3)4/h1-4H3;(H2,1,2,3,4)/q+1;/p-1. The molecule has 64 valence electrons. The Hall–Kier alpha value is 0.428. The van der Waals surface area contributed by atoms with Crippen molar-refractivity contribution in [1.82, 2.24) is 0 Å². The molecule has 0 fully saturated rings. The van der Waals surface area contributed by atoms with Gasteiger partial charge < -0.3 is 4.55 Å². The van der Waals surface area contributed by atoms with Gasteiger partial charge in [-0.2, -0.15) is 0 Å². The second-order valence-electron chi connectivity index (χ2n) is 3.11. The quantitative estimate of drug-likeness (QED) is 0.383. The molecule has 0 aliphatic carbocycles. The zero-order valence-corrected chi connectivity index (χ0v) is 9.22. The maximum Gasteiger partial charge on any atom is 0.215 e. The molecule has 0 amide bonds.